The van der Waals surface area contributed by atoms with Gasteiger partial charge >= 0.3 is 5.97 Å². The lowest BCUT2D eigenvalue weighted by molar-refractivity contribution is -0.150. The third kappa shape index (κ3) is 2.28. The first-order valence-electron chi connectivity index (χ1n) is 6.82. The number of sulfone groups is 1. The Morgan fingerprint density at radius 3 is 2.41 bits per heavy atom. The van der Waals surface area contributed by atoms with Gasteiger partial charge in [-0.15, -0.1) is 0 Å². The van der Waals surface area contributed by atoms with Crippen molar-refractivity contribution in [3.8, 4) is 0 Å². The molecule has 3 N–H and O–H groups in total. The molecule has 1 atom stereocenters. The van der Waals surface area contributed by atoms with Crippen molar-refractivity contribution < 1.29 is 23.1 Å². The molecule has 7 nitrogen and oxygen atoms in total. The van der Waals surface area contributed by atoms with Crippen LogP contribution in [0.4, 0.5) is 0 Å². The highest BCUT2D eigenvalue weighted by atomic mass is 32.2. The Kier molecular flexibility index (Phi) is 4.25. The van der Waals surface area contributed by atoms with E-state index < -0.39 is 33.1 Å². The molecule has 120 valence electrons. The Labute approximate surface area is 128 Å². The number of likely N-dealkylation sites (tertiary alicyclic amines) is 1. The molecule has 22 heavy (non-hydrogen) atoms. The van der Waals surface area contributed by atoms with Gasteiger partial charge in [0.1, 0.15) is 0 Å². The molecule has 1 fully saturated rings. The van der Waals surface area contributed by atoms with Crippen molar-refractivity contribution in [2.45, 2.75) is 29.5 Å². The summed E-state index contributed by atoms with van der Waals surface area (Å²) in [5.74, 6) is -2.23. The SMILES string of the molecule is Cc1ccc(S(=O)(=O)[C@@]2(C(=O)O)CCCN2C(=O)CN)cc1. The first-order chi connectivity index (χ1) is 10.3. The summed E-state index contributed by atoms with van der Waals surface area (Å²) in [7, 11) is -4.27. The Hall–Kier alpha value is -1.93. The van der Waals surface area contributed by atoms with Crippen LogP contribution >= 0.6 is 0 Å². The molecule has 8 heteroatoms. The van der Waals surface area contributed by atoms with Crippen LogP contribution in [0.25, 0.3) is 0 Å². The minimum absolute atomic E-state index is 0.0629. The zero-order valence-corrected chi connectivity index (χ0v) is 13.0. The number of carbonyl (C=O) groups excluding carboxylic acids is 1. The van der Waals surface area contributed by atoms with Gasteiger partial charge in [-0.05, 0) is 31.9 Å². The highest BCUT2D eigenvalue weighted by Crippen LogP contribution is 2.39. The number of carboxylic acids is 1. The van der Waals surface area contributed by atoms with Crippen LogP contribution in [0, 0.1) is 6.92 Å². The molecule has 0 aliphatic carbocycles. The number of aliphatic carboxylic acids is 1. The van der Waals surface area contributed by atoms with Crippen molar-refractivity contribution in [3.63, 3.8) is 0 Å². The van der Waals surface area contributed by atoms with Gasteiger partial charge in [-0.2, -0.15) is 0 Å². The molecular formula is C14H18N2O5S. The van der Waals surface area contributed by atoms with Crippen molar-refractivity contribution in [1.29, 1.82) is 0 Å². The Bertz CT molecular complexity index is 698. The number of nitrogens with zero attached hydrogens (tertiary/aromatic N) is 1. The Morgan fingerprint density at radius 1 is 1.32 bits per heavy atom. The molecule has 1 aliphatic heterocycles. The summed E-state index contributed by atoms with van der Waals surface area (Å²) in [5, 5.41) is 9.62. The van der Waals surface area contributed by atoms with Crippen LogP contribution in [0.1, 0.15) is 18.4 Å². The third-order valence-corrected chi connectivity index (χ3v) is 6.30. The molecule has 0 radical (unpaired) electrons. The van der Waals surface area contributed by atoms with Crippen molar-refractivity contribution in [3.05, 3.63) is 29.8 Å². The van der Waals surface area contributed by atoms with Gasteiger partial charge < -0.3 is 15.7 Å². The highest BCUT2D eigenvalue weighted by Gasteiger charge is 2.60. The maximum atomic E-state index is 12.9. The fourth-order valence-electron chi connectivity index (χ4n) is 2.76. The topological polar surface area (TPSA) is 118 Å². The van der Waals surface area contributed by atoms with Crippen molar-refractivity contribution in [1.82, 2.24) is 4.90 Å². The van der Waals surface area contributed by atoms with E-state index in [1.165, 1.54) is 12.1 Å². The van der Waals surface area contributed by atoms with Gasteiger partial charge in [-0.25, -0.2) is 13.2 Å². The molecule has 1 aromatic carbocycles. The third-order valence-electron chi connectivity index (χ3n) is 3.92. The fraction of sp³-hybridized carbons (Fsp3) is 0.429. The van der Waals surface area contributed by atoms with E-state index in [1.807, 2.05) is 0 Å². The smallest absolute Gasteiger partial charge is 0.346 e. The summed E-state index contributed by atoms with van der Waals surface area (Å²) in [6.45, 7) is 1.43. The summed E-state index contributed by atoms with van der Waals surface area (Å²) in [6.07, 6.45) is 0.146. The summed E-state index contributed by atoms with van der Waals surface area (Å²) in [5.41, 5.74) is 6.15. The molecule has 1 heterocycles. The standard InChI is InChI=1S/C14H18N2O5S/c1-10-3-5-11(6-4-10)22(20,21)14(13(18)19)7-2-8-16(14)12(17)9-15/h3-6H,2,7-9,15H2,1H3,(H,18,19)/t14-/m1/s1. The number of nitrogens with two attached hydrogens (primary N) is 1. The molecule has 0 aromatic heterocycles. The maximum absolute atomic E-state index is 12.9. The van der Waals surface area contributed by atoms with Gasteiger partial charge in [-0.3, -0.25) is 4.79 Å². The van der Waals surface area contributed by atoms with E-state index in [2.05, 4.69) is 0 Å². The average molecular weight is 326 g/mol. The van der Waals surface area contributed by atoms with E-state index in [0.29, 0.717) is 6.42 Å². The lowest BCUT2D eigenvalue weighted by Gasteiger charge is -2.33. The van der Waals surface area contributed by atoms with Crippen LogP contribution in [-0.4, -0.2) is 48.3 Å². The van der Waals surface area contributed by atoms with Gasteiger partial charge in [0.05, 0.1) is 11.4 Å². The first-order valence-corrected chi connectivity index (χ1v) is 8.31. The van der Waals surface area contributed by atoms with Crippen LogP contribution in [0.3, 0.4) is 0 Å². The van der Waals surface area contributed by atoms with Gasteiger partial charge in [-0.1, -0.05) is 17.7 Å². The van der Waals surface area contributed by atoms with Crippen LogP contribution in [0.15, 0.2) is 29.2 Å². The Morgan fingerprint density at radius 2 is 1.91 bits per heavy atom. The minimum Gasteiger partial charge on any atom is -0.479 e. The molecule has 1 saturated heterocycles. The number of amides is 1. The molecule has 0 unspecified atom stereocenters. The molecule has 1 amide bonds. The fourth-order valence-corrected chi connectivity index (χ4v) is 4.77. The first kappa shape index (κ1) is 16.4. The van der Waals surface area contributed by atoms with Crippen molar-refractivity contribution in [2.24, 2.45) is 5.73 Å². The molecule has 0 saturated carbocycles. The summed E-state index contributed by atoms with van der Waals surface area (Å²) >= 11 is 0. The van der Waals surface area contributed by atoms with Crippen LogP contribution in [0.5, 0.6) is 0 Å². The normalized spacial score (nSPS) is 21.8. The zero-order chi connectivity index (χ0) is 16.5. The minimum atomic E-state index is -4.27. The number of hydrogen-bond donors (Lipinski definition) is 2. The highest BCUT2D eigenvalue weighted by molar-refractivity contribution is 7.93. The van der Waals surface area contributed by atoms with Crippen LogP contribution < -0.4 is 5.73 Å². The summed E-state index contributed by atoms with van der Waals surface area (Å²) < 4.78 is 25.8. The van der Waals surface area contributed by atoms with Gasteiger partial charge in [0.25, 0.3) is 0 Å². The van der Waals surface area contributed by atoms with Crippen LogP contribution in [-0.2, 0) is 19.4 Å². The van der Waals surface area contributed by atoms with Gasteiger partial charge in [0.2, 0.25) is 20.6 Å². The molecule has 0 bridgehead atoms. The second kappa shape index (κ2) is 5.69. The van der Waals surface area contributed by atoms with E-state index >= 15 is 0 Å². The van der Waals surface area contributed by atoms with Crippen molar-refractivity contribution in [2.75, 3.05) is 13.1 Å². The number of benzene rings is 1. The predicted molar refractivity (Wildman–Crippen MR) is 78.7 cm³/mol. The van der Waals surface area contributed by atoms with Gasteiger partial charge in [0.15, 0.2) is 0 Å². The number of rotatable bonds is 4. The summed E-state index contributed by atoms with van der Waals surface area (Å²) in [6, 6.07) is 5.90. The van der Waals surface area contributed by atoms with E-state index in [-0.39, 0.29) is 17.9 Å². The zero-order valence-electron chi connectivity index (χ0n) is 12.2. The van der Waals surface area contributed by atoms with Gasteiger partial charge in [0, 0.05) is 6.54 Å². The number of carboxylic acid groups (broad SMARTS) is 1. The average Bonchev–Trinajstić information content (AvgIpc) is 2.93. The van der Waals surface area contributed by atoms with E-state index in [4.69, 9.17) is 5.73 Å². The number of hydrogen-bond acceptors (Lipinski definition) is 5. The van der Waals surface area contributed by atoms with Crippen LogP contribution in [0.2, 0.25) is 0 Å². The molecule has 1 aliphatic rings. The molecule has 2 rings (SSSR count). The Balaban J connectivity index is 2.63. The maximum Gasteiger partial charge on any atom is 0.346 e. The number of carbonyl (C=O) groups is 2. The van der Waals surface area contributed by atoms with E-state index in [0.717, 1.165) is 10.5 Å². The number of aryl methyl sites for hydroxylation is 1. The lowest BCUT2D eigenvalue weighted by atomic mass is 10.2. The molecule has 1 aromatic rings. The monoisotopic (exact) mass is 326 g/mol. The molecular weight excluding hydrogens is 308 g/mol. The quantitative estimate of drug-likeness (QED) is 0.812. The van der Waals surface area contributed by atoms with E-state index in [9.17, 15) is 23.1 Å². The lowest BCUT2D eigenvalue weighted by Crippen LogP contribution is -2.59. The second-order valence-corrected chi connectivity index (χ2v) is 7.41. The van der Waals surface area contributed by atoms with Crippen molar-refractivity contribution >= 4 is 21.7 Å². The molecule has 0 spiro atoms. The summed E-state index contributed by atoms with van der Waals surface area (Å²) in [4.78, 5) is 22.3. The second-order valence-electron chi connectivity index (χ2n) is 5.26. The van der Waals surface area contributed by atoms with E-state index in [1.54, 1.807) is 19.1 Å². The largest absolute Gasteiger partial charge is 0.479 e. The predicted octanol–water partition coefficient (Wildman–Crippen LogP) is 0.131.